The topological polar surface area (TPSA) is 53.3 Å². The Kier molecular flexibility index (Phi) is 3.35. The van der Waals surface area contributed by atoms with Crippen molar-refractivity contribution < 1.29 is 9.47 Å². The molecular formula is C23H19N2O3. The van der Waals surface area contributed by atoms with Gasteiger partial charge in [-0.1, -0.05) is 18.2 Å². The fraction of sp³-hybridized carbons (Fsp3) is 0.217. The van der Waals surface area contributed by atoms with E-state index in [2.05, 4.69) is 6.08 Å². The standard InChI is InChI=1S/C23H19N2O3/c1-23(2)10-9-14-17(28-23)12-18(27-4)19-20(14)25(3)22-15(21(19)26)11-13-7-5-6-8-16(13)24-22/h5-9,11-12H,1-4H3. The SMILES string of the molecule is COc1cc2c(c3c1c(=O)c1cc4ccccc4nc1n3C)C=[C]C(C)(C)O2. The zero-order valence-electron chi connectivity index (χ0n) is 16.2. The minimum atomic E-state index is -0.546. The molecule has 1 aliphatic heterocycles. The van der Waals surface area contributed by atoms with Gasteiger partial charge in [-0.05, 0) is 32.1 Å². The second kappa shape index (κ2) is 5.58. The van der Waals surface area contributed by atoms with Crippen LogP contribution in [-0.4, -0.2) is 22.3 Å². The minimum absolute atomic E-state index is 0.0979. The first-order valence-corrected chi connectivity index (χ1v) is 9.13. The summed E-state index contributed by atoms with van der Waals surface area (Å²) < 4.78 is 13.6. The largest absolute Gasteiger partial charge is 0.496 e. The van der Waals surface area contributed by atoms with Crippen molar-refractivity contribution in [1.29, 1.82) is 0 Å². The lowest BCUT2D eigenvalue weighted by Crippen LogP contribution is -2.28. The molecule has 2 aromatic heterocycles. The highest BCUT2D eigenvalue weighted by molar-refractivity contribution is 6.03. The summed E-state index contributed by atoms with van der Waals surface area (Å²) in [6, 6.07) is 11.5. The average molecular weight is 371 g/mol. The molecule has 0 unspecified atom stereocenters. The van der Waals surface area contributed by atoms with Crippen molar-refractivity contribution in [1.82, 2.24) is 9.55 Å². The van der Waals surface area contributed by atoms with Crippen LogP contribution in [0, 0.1) is 6.08 Å². The Hall–Kier alpha value is -3.34. The average Bonchev–Trinajstić information content (AvgIpc) is 2.68. The van der Waals surface area contributed by atoms with E-state index in [9.17, 15) is 4.79 Å². The Bertz CT molecular complexity index is 1380. The lowest BCUT2D eigenvalue weighted by Gasteiger charge is -2.29. The third-order valence-corrected chi connectivity index (χ3v) is 5.24. The molecule has 5 rings (SSSR count). The van der Waals surface area contributed by atoms with Gasteiger partial charge in [0, 0.05) is 30.1 Å². The van der Waals surface area contributed by atoms with E-state index in [4.69, 9.17) is 14.5 Å². The Morgan fingerprint density at radius 1 is 1.21 bits per heavy atom. The van der Waals surface area contributed by atoms with Crippen molar-refractivity contribution in [2.45, 2.75) is 19.4 Å². The number of aromatic nitrogens is 2. The second-order valence-corrected chi connectivity index (χ2v) is 7.56. The predicted molar refractivity (Wildman–Crippen MR) is 111 cm³/mol. The number of hydrogen-bond acceptors (Lipinski definition) is 4. The first kappa shape index (κ1) is 16.8. The Morgan fingerprint density at radius 2 is 2.00 bits per heavy atom. The molecule has 139 valence electrons. The maximum atomic E-state index is 13.5. The van der Waals surface area contributed by atoms with Gasteiger partial charge in [0.2, 0.25) is 5.43 Å². The summed E-state index contributed by atoms with van der Waals surface area (Å²) in [6.45, 7) is 3.88. The van der Waals surface area contributed by atoms with Gasteiger partial charge in [-0.3, -0.25) is 4.79 Å². The van der Waals surface area contributed by atoms with E-state index in [1.54, 1.807) is 13.2 Å². The van der Waals surface area contributed by atoms with Crippen LogP contribution in [0.25, 0.3) is 38.9 Å². The van der Waals surface area contributed by atoms with Crippen LogP contribution in [0.1, 0.15) is 19.4 Å². The van der Waals surface area contributed by atoms with Crippen molar-refractivity contribution in [2.24, 2.45) is 7.05 Å². The molecule has 0 atom stereocenters. The zero-order valence-corrected chi connectivity index (χ0v) is 16.2. The number of rotatable bonds is 1. The lowest BCUT2D eigenvalue weighted by molar-refractivity contribution is 0.151. The first-order chi connectivity index (χ1) is 13.4. The fourth-order valence-electron chi connectivity index (χ4n) is 3.91. The number of fused-ring (bicyclic) bond motifs is 5. The molecule has 3 heterocycles. The molecule has 0 fully saturated rings. The van der Waals surface area contributed by atoms with Crippen LogP contribution in [0.3, 0.4) is 0 Å². The summed E-state index contributed by atoms with van der Waals surface area (Å²) in [4.78, 5) is 18.2. The van der Waals surface area contributed by atoms with Crippen molar-refractivity contribution in [3.05, 3.63) is 58.3 Å². The van der Waals surface area contributed by atoms with Crippen LogP contribution in [0.2, 0.25) is 0 Å². The van der Waals surface area contributed by atoms with Gasteiger partial charge in [0.05, 0.1) is 28.9 Å². The number of aryl methyl sites for hydroxylation is 1. The van der Waals surface area contributed by atoms with Gasteiger partial charge in [0.25, 0.3) is 0 Å². The third kappa shape index (κ3) is 2.26. The molecule has 0 saturated heterocycles. The van der Waals surface area contributed by atoms with E-state index in [-0.39, 0.29) is 5.43 Å². The van der Waals surface area contributed by atoms with Gasteiger partial charge in [-0.25, -0.2) is 4.98 Å². The van der Waals surface area contributed by atoms with Crippen molar-refractivity contribution >= 4 is 38.9 Å². The molecule has 5 nitrogen and oxygen atoms in total. The van der Waals surface area contributed by atoms with Gasteiger partial charge in [0.15, 0.2) is 0 Å². The molecule has 0 spiro atoms. The van der Waals surface area contributed by atoms with E-state index in [1.165, 1.54) is 0 Å². The number of ether oxygens (including phenoxy) is 2. The summed E-state index contributed by atoms with van der Waals surface area (Å²) in [5.74, 6) is 1.17. The van der Waals surface area contributed by atoms with Gasteiger partial charge < -0.3 is 14.0 Å². The first-order valence-electron chi connectivity index (χ1n) is 9.13. The highest BCUT2D eigenvalue weighted by Crippen LogP contribution is 2.40. The second-order valence-electron chi connectivity index (χ2n) is 7.56. The minimum Gasteiger partial charge on any atom is -0.496 e. The summed E-state index contributed by atoms with van der Waals surface area (Å²) >= 11 is 0. The number of para-hydroxylation sites is 1. The molecule has 4 aromatic rings. The fourth-order valence-corrected chi connectivity index (χ4v) is 3.91. The van der Waals surface area contributed by atoms with E-state index in [1.807, 2.05) is 61.9 Å². The summed E-state index contributed by atoms with van der Waals surface area (Å²) in [6.07, 6.45) is 5.14. The van der Waals surface area contributed by atoms with Crippen LogP contribution < -0.4 is 14.9 Å². The van der Waals surface area contributed by atoms with Gasteiger partial charge in [0.1, 0.15) is 22.7 Å². The molecule has 5 heteroatoms. The number of hydrogen-bond donors (Lipinski definition) is 0. The monoisotopic (exact) mass is 371 g/mol. The van der Waals surface area contributed by atoms with Crippen LogP contribution in [0.5, 0.6) is 11.5 Å². The van der Waals surface area contributed by atoms with Crippen molar-refractivity contribution in [3.63, 3.8) is 0 Å². The van der Waals surface area contributed by atoms with Crippen LogP contribution in [-0.2, 0) is 7.05 Å². The molecule has 1 aliphatic rings. The number of nitrogens with zero attached hydrogens (tertiary/aromatic N) is 2. The lowest BCUT2D eigenvalue weighted by atomic mass is 9.98. The Labute approximate surface area is 161 Å². The molecule has 0 saturated carbocycles. The summed E-state index contributed by atoms with van der Waals surface area (Å²) in [5, 5.41) is 2.02. The maximum absolute atomic E-state index is 13.5. The number of pyridine rings is 2. The molecule has 28 heavy (non-hydrogen) atoms. The molecule has 2 aromatic carbocycles. The van der Waals surface area contributed by atoms with E-state index < -0.39 is 5.60 Å². The summed E-state index contributed by atoms with van der Waals surface area (Å²) in [5.41, 5.74) is 2.38. The number of methoxy groups -OCH3 is 1. The zero-order chi connectivity index (χ0) is 19.6. The molecule has 0 aliphatic carbocycles. The molecule has 0 amide bonds. The van der Waals surface area contributed by atoms with Crippen LogP contribution >= 0.6 is 0 Å². The summed E-state index contributed by atoms with van der Waals surface area (Å²) in [7, 11) is 3.48. The Morgan fingerprint density at radius 3 is 2.79 bits per heavy atom. The highest BCUT2D eigenvalue weighted by atomic mass is 16.5. The highest BCUT2D eigenvalue weighted by Gasteiger charge is 2.27. The van der Waals surface area contributed by atoms with Gasteiger partial charge in [-0.15, -0.1) is 0 Å². The van der Waals surface area contributed by atoms with Crippen molar-refractivity contribution in [2.75, 3.05) is 7.11 Å². The molecule has 1 radical (unpaired) electrons. The smallest absolute Gasteiger partial charge is 0.202 e. The van der Waals surface area contributed by atoms with Gasteiger partial charge in [-0.2, -0.15) is 0 Å². The van der Waals surface area contributed by atoms with Gasteiger partial charge >= 0.3 is 0 Å². The van der Waals surface area contributed by atoms with E-state index in [0.29, 0.717) is 27.9 Å². The van der Waals surface area contributed by atoms with E-state index in [0.717, 1.165) is 22.0 Å². The Balaban J connectivity index is 2.02. The van der Waals surface area contributed by atoms with Crippen LogP contribution in [0.4, 0.5) is 0 Å². The molecule has 0 N–H and O–H groups in total. The molecule has 0 bridgehead atoms. The van der Waals surface area contributed by atoms with Crippen molar-refractivity contribution in [3.8, 4) is 11.5 Å². The third-order valence-electron chi connectivity index (χ3n) is 5.24. The van der Waals surface area contributed by atoms with Crippen LogP contribution in [0.15, 0.2) is 41.2 Å². The number of benzene rings is 2. The predicted octanol–water partition coefficient (Wildman–Crippen LogP) is 4.24. The van der Waals surface area contributed by atoms with E-state index >= 15 is 0 Å². The molecular weight excluding hydrogens is 352 g/mol. The normalized spacial score (nSPS) is 15.0. The maximum Gasteiger partial charge on any atom is 0.202 e. The quantitative estimate of drug-likeness (QED) is 0.470.